The van der Waals surface area contributed by atoms with Crippen LogP contribution in [0.3, 0.4) is 0 Å². The second-order valence-corrected chi connectivity index (χ2v) is 9.16. The van der Waals surface area contributed by atoms with Crippen LogP contribution in [0.2, 0.25) is 18.6 Å². The lowest BCUT2D eigenvalue weighted by molar-refractivity contribution is 0.300. The fourth-order valence-electron chi connectivity index (χ4n) is 1.84. The molecule has 1 N–H and O–H groups in total. The van der Waals surface area contributed by atoms with Crippen LogP contribution in [0.1, 0.15) is 6.92 Å². The highest BCUT2D eigenvalue weighted by molar-refractivity contribution is 6.91. The van der Waals surface area contributed by atoms with Gasteiger partial charge in [-0.05, 0) is 12.5 Å². The van der Waals surface area contributed by atoms with Crippen molar-refractivity contribution < 1.29 is 5.11 Å². The molecule has 1 nitrogen and oxygen atoms in total. The Hall–Kier alpha value is -0.863. The third-order valence-electron chi connectivity index (χ3n) is 3.07. The van der Waals surface area contributed by atoms with Crippen LogP contribution in [0.25, 0.3) is 0 Å². The minimum atomic E-state index is -1.57. The minimum absolute atomic E-state index is 0.248. The average Bonchev–Trinajstić information content (AvgIpc) is 2.27. The van der Waals surface area contributed by atoms with Crippen LogP contribution in [0.5, 0.6) is 0 Å². The van der Waals surface area contributed by atoms with Gasteiger partial charge < -0.3 is 5.11 Å². The lowest BCUT2D eigenvalue weighted by Crippen LogP contribution is -2.46. The summed E-state index contributed by atoms with van der Waals surface area (Å²) in [6.07, 6.45) is 4.18. The van der Waals surface area contributed by atoms with Gasteiger partial charge in [0, 0.05) is 6.61 Å². The van der Waals surface area contributed by atoms with Crippen molar-refractivity contribution in [2.75, 3.05) is 6.61 Å². The minimum Gasteiger partial charge on any atom is -0.396 e. The summed E-state index contributed by atoms with van der Waals surface area (Å²) in [5.41, 5.74) is 0.310. The highest BCUT2D eigenvalue weighted by Gasteiger charge is 2.30. The molecule has 0 amide bonds. The van der Waals surface area contributed by atoms with Crippen molar-refractivity contribution in [1.82, 2.24) is 0 Å². The van der Waals surface area contributed by atoms with Gasteiger partial charge in [0.15, 0.2) is 0 Å². The summed E-state index contributed by atoms with van der Waals surface area (Å²) in [6.45, 7) is 6.88. The van der Waals surface area contributed by atoms with Crippen LogP contribution in [0.15, 0.2) is 42.5 Å². The van der Waals surface area contributed by atoms with E-state index in [1.807, 2.05) is 19.1 Å². The number of hydrogen-bond acceptors (Lipinski definition) is 1. The summed E-state index contributed by atoms with van der Waals surface area (Å²) in [6, 6.07) is 10.6. The van der Waals surface area contributed by atoms with Crippen LogP contribution in [0, 0.1) is 0 Å². The van der Waals surface area contributed by atoms with Gasteiger partial charge in [-0.15, -0.1) is 0 Å². The first-order valence-corrected chi connectivity index (χ1v) is 8.50. The van der Waals surface area contributed by atoms with Crippen molar-refractivity contribution in [3.05, 3.63) is 42.5 Å². The number of aliphatic hydroxyl groups is 1. The monoisotopic (exact) mass is 220 g/mol. The Kier molecular flexibility index (Phi) is 4.30. The number of hydrogen-bond donors (Lipinski definition) is 1. The Morgan fingerprint density at radius 2 is 1.87 bits per heavy atom. The van der Waals surface area contributed by atoms with E-state index in [-0.39, 0.29) is 6.61 Å². The van der Waals surface area contributed by atoms with E-state index >= 15 is 0 Å². The summed E-state index contributed by atoms with van der Waals surface area (Å²) in [5, 5.41) is 10.8. The fourth-order valence-corrected chi connectivity index (χ4v) is 4.45. The normalized spacial score (nSPS) is 14.4. The molecule has 0 saturated carbocycles. The van der Waals surface area contributed by atoms with Crippen molar-refractivity contribution in [3.63, 3.8) is 0 Å². The van der Waals surface area contributed by atoms with Gasteiger partial charge in [0.2, 0.25) is 0 Å². The van der Waals surface area contributed by atoms with Crippen LogP contribution in [-0.4, -0.2) is 19.8 Å². The topological polar surface area (TPSA) is 20.2 Å². The van der Waals surface area contributed by atoms with Gasteiger partial charge in [-0.2, -0.15) is 0 Å². The number of aliphatic hydroxyl groups excluding tert-OH is 1. The van der Waals surface area contributed by atoms with Crippen molar-refractivity contribution in [2.24, 2.45) is 0 Å². The molecular formula is C13H20OSi. The van der Waals surface area contributed by atoms with E-state index in [2.05, 4.69) is 43.4 Å². The van der Waals surface area contributed by atoms with Crippen molar-refractivity contribution in [2.45, 2.75) is 25.6 Å². The van der Waals surface area contributed by atoms with E-state index in [9.17, 15) is 5.11 Å². The third kappa shape index (κ3) is 2.80. The summed E-state index contributed by atoms with van der Waals surface area (Å²) >= 11 is 0. The molecule has 0 radical (unpaired) electrons. The molecule has 1 aromatic rings. The van der Waals surface area contributed by atoms with Crippen molar-refractivity contribution >= 4 is 13.3 Å². The van der Waals surface area contributed by atoms with Crippen molar-refractivity contribution in [1.29, 1.82) is 0 Å². The zero-order chi connectivity index (χ0) is 11.3. The standard InChI is InChI=1S/C13H20OSi/c1-4-8-13(11-14)15(2,3)12-9-6-5-7-10-12/h4-10,13-14H,11H2,1-3H3/b8-4-/t13-/m1/s1. The molecule has 0 fully saturated rings. The molecule has 0 spiro atoms. The van der Waals surface area contributed by atoms with Gasteiger partial charge in [0.1, 0.15) is 0 Å². The molecule has 0 heterocycles. The molecule has 1 aromatic carbocycles. The van der Waals surface area contributed by atoms with Crippen LogP contribution in [-0.2, 0) is 0 Å². The quantitative estimate of drug-likeness (QED) is 0.611. The second-order valence-electron chi connectivity index (χ2n) is 4.40. The van der Waals surface area contributed by atoms with E-state index < -0.39 is 8.07 Å². The summed E-state index contributed by atoms with van der Waals surface area (Å²) in [7, 11) is -1.57. The van der Waals surface area contributed by atoms with E-state index in [1.165, 1.54) is 5.19 Å². The zero-order valence-electron chi connectivity index (χ0n) is 9.77. The molecule has 0 unspecified atom stereocenters. The number of rotatable bonds is 4. The molecule has 0 aliphatic heterocycles. The predicted octanol–water partition coefficient (Wildman–Crippen LogP) is 2.54. The van der Waals surface area contributed by atoms with Gasteiger partial charge >= 0.3 is 0 Å². The summed E-state index contributed by atoms with van der Waals surface area (Å²) in [5.74, 6) is 0. The first kappa shape index (κ1) is 12.2. The highest BCUT2D eigenvalue weighted by atomic mass is 28.3. The van der Waals surface area contributed by atoms with Gasteiger partial charge in [0.25, 0.3) is 0 Å². The molecule has 0 aliphatic carbocycles. The maximum atomic E-state index is 9.44. The lowest BCUT2D eigenvalue weighted by Gasteiger charge is -2.29. The molecule has 82 valence electrons. The van der Waals surface area contributed by atoms with E-state index in [0.717, 1.165) is 0 Å². The largest absolute Gasteiger partial charge is 0.396 e. The fraction of sp³-hybridized carbons (Fsp3) is 0.385. The molecular weight excluding hydrogens is 200 g/mol. The Labute approximate surface area is 93.5 Å². The Morgan fingerprint density at radius 3 is 2.33 bits per heavy atom. The molecule has 1 rings (SSSR count). The van der Waals surface area contributed by atoms with Crippen LogP contribution in [0.4, 0.5) is 0 Å². The lowest BCUT2D eigenvalue weighted by atomic mass is 10.4. The first-order valence-electron chi connectivity index (χ1n) is 5.42. The molecule has 2 heteroatoms. The Morgan fingerprint density at radius 1 is 1.27 bits per heavy atom. The maximum Gasteiger partial charge on any atom is 0.0898 e. The van der Waals surface area contributed by atoms with Crippen LogP contribution >= 0.6 is 0 Å². The maximum absolute atomic E-state index is 9.44. The highest BCUT2D eigenvalue weighted by Crippen LogP contribution is 2.22. The Balaban J connectivity index is 3.00. The Bertz CT molecular complexity index is 317. The van der Waals surface area contributed by atoms with Gasteiger partial charge in [0.05, 0.1) is 8.07 Å². The molecule has 1 atom stereocenters. The van der Waals surface area contributed by atoms with Crippen molar-refractivity contribution in [3.8, 4) is 0 Å². The average molecular weight is 220 g/mol. The van der Waals surface area contributed by atoms with Gasteiger partial charge in [-0.1, -0.05) is 60.8 Å². The summed E-state index contributed by atoms with van der Waals surface area (Å²) in [4.78, 5) is 0. The molecule has 15 heavy (non-hydrogen) atoms. The predicted molar refractivity (Wildman–Crippen MR) is 69.2 cm³/mol. The third-order valence-corrected chi connectivity index (χ3v) is 7.12. The van der Waals surface area contributed by atoms with Gasteiger partial charge in [-0.3, -0.25) is 0 Å². The molecule has 0 aromatic heterocycles. The number of allylic oxidation sites excluding steroid dienone is 1. The van der Waals surface area contributed by atoms with E-state index in [4.69, 9.17) is 0 Å². The zero-order valence-corrected chi connectivity index (χ0v) is 10.8. The van der Waals surface area contributed by atoms with E-state index in [1.54, 1.807) is 0 Å². The van der Waals surface area contributed by atoms with Crippen LogP contribution < -0.4 is 5.19 Å². The SMILES string of the molecule is C/C=C\[C@H](CO)[Si](C)(C)c1ccccc1. The smallest absolute Gasteiger partial charge is 0.0898 e. The molecule has 0 aliphatic rings. The number of benzene rings is 1. The molecule has 0 bridgehead atoms. The first-order chi connectivity index (χ1) is 7.12. The van der Waals surface area contributed by atoms with E-state index in [0.29, 0.717) is 5.54 Å². The second kappa shape index (κ2) is 5.28. The summed E-state index contributed by atoms with van der Waals surface area (Å²) < 4.78 is 0. The molecule has 0 saturated heterocycles. The van der Waals surface area contributed by atoms with Gasteiger partial charge in [-0.25, -0.2) is 0 Å².